The quantitative estimate of drug-likeness (QED) is 0.719. The molecule has 0 unspecified atom stereocenters. The predicted octanol–water partition coefficient (Wildman–Crippen LogP) is 4.06. The van der Waals surface area contributed by atoms with Crippen molar-refractivity contribution in [1.82, 2.24) is 5.32 Å². The maximum absolute atomic E-state index is 12.6. The molecule has 2 aromatic carbocycles. The van der Waals surface area contributed by atoms with Crippen molar-refractivity contribution in [2.45, 2.75) is 12.7 Å². The lowest BCUT2D eigenvalue weighted by Gasteiger charge is -2.15. The number of carbonyl (C=O) groups is 1. The van der Waals surface area contributed by atoms with Gasteiger partial charge in [-0.3, -0.25) is 4.79 Å². The lowest BCUT2D eigenvalue weighted by Crippen LogP contribution is -2.21. The Hall–Kier alpha value is -3.16. The zero-order valence-corrected chi connectivity index (χ0v) is 15.6. The second-order valence-corrected chi connectivity index (χ2v) is 5.68. The van der Waals surface area contributed by atoms with Crippen LogP contribution < -0.4 is 19.5 Å². The third kappa shape index (κ3) is 5.42. The lowest BCUT2D eigenvalue weighted by atomic mass is 10.1. The SMILES string of the molecule is COc1cc(OC)c(CNC(=O)C=Cc2ccc(C(F)(F)F)cc2)c(OC)c1. The number of amides is 1. The fourth-order valence-corrected chi connectivity index (χ4v) is 2.44. The molecule has 0 aromatic heterocycles. The molecule has 1 N–H and O–H groups in total. The Balaban J connectivity index is 2.05. The summed E-state index contributed by atoms with van der Waals surface area (Å²) in [5.74, 6) is 1.11. The van der Waals surface area contributed by atoms with Crippen molar-refractivity contribution in [2.24, 2.45) is 0 Å². The van der Waals surface area contributed by atoms with Crippen LogP contribution in [0.3, 0.4) is 0 Å². The minimum atomic E-state index is -4.39. The van der Waals surface area contributed by atoms with E-state index in [4.69, 9.17) is 14.2 Å². The first-order valence-corrected chi connectivity index (χ1v) is 8.20. The van der Waals surface area contributed by atoms with Crippen LogP contribution >= 0.6 is 0 Å². The monoisotopic (exact) mass is 395 g/mol. The number of hydrogen-bond acceptors (Lipinski definition) is 4. The summed E-state index contributed by atoms with van der Waals surface area (Å²) < 4.78 is 53.5. The molecule has 8 heteroatoms. The number of nitrogens with one attached hydrogen (secondary N) is 1. The summed E-state index contributed by atoms with van der Waals surface area (Å²) in [6, 6.07) is 7.85. The molecule has 0 saturated carbocycles. The van der Waals surface area contributed by atoms with Crippen molar-refractivity contribution in [3.63, 3.8) is 0 Å². The van der Waals surface area contributed by atoms with Crippen molar-refractivity contribution < 1.29 is 32.2 Å². The number of carbonyl (C=O) groups excluding carboxylic acids is 1. The fraction of sp³-hybridized carbons (Fsp3) is 0.250. The molecule has 0 saturated heterocycles. The van der Waals surface area contributed by atoms with Gasteiger partial charge in [-0.2, -0.15) is 13.2 Å². The van der Waals surface area contributed by atoms with E-state index in [-0.39, 0.29) is 6.54 Å². The Labute approximate surface area is 160 Å². The van der Waals surface area contributed by atoms with Crippen molar-refractivity contribution in [1.29, 1.82) is 0 Å². The van der Waals surface area contributed by atoms with Gasteiger partial charge in [-0.15, -0.1) is 0 Å². The van der Waals surface area contributed by atoms with Crippen molar-refractivity contribution in [3.8, 4) is 17.2 Å². The van der Waals surface area contributed by atoms with E-state index in [0.717, 1.165) is 12.1 Å². The van der Waals surface area contributed by atoms with Gasteiger partial charge >= 0.3 is 6.18 Å². The van der Waals surface area contributed by atoms with Crippen LogP contribution in [0.4, 0.5) is 13.2 Å². The van der Waals surface area contributed by atoms with Gasteiger partial charge in [0.1, 0.15) is 17.2 Å². The molecule has 0 aliphatic rings. The van der Waals surface area contributed by atoms with E-state index >= 15 is 0 Å². The van der Waals surface area contributed by atoms with E-state index in [2.05, 4.69) is 5.32 Å². The van der Waals surface area contributed by atoms with Gasteiger partial charge in [0, 0.05) is 18.2 Å². The van der Waals surface area contributed by atoms with Gasteiger partial charge in [-0.1, -0.05) is 12.1 Å². The molecule has 0 radical (unpaired) electrons. The number of ether oxygens (including phenoxy) is 3. The van der Waals surface area contributed by atoms with Crippen LogP contribution in [-0.4, -0.2) is 27.2 Å². The van der Waals surface area contributed by atoms with Gasteiger partial charge in [0.15, 0.2) is 0 Å². The van der Waals surface area contributed by atoms with Gasteiger partial charge in [0.2, 0.25) is 5.91 Å². The lowest BCUT2D eigenvalue weighted by molar-refractivity contribution is -0.137. The van der Waals surface area contributed by atoms with Crippen LogP contribution in [-0.2, 0) is 17.5 Å². The fourth-order valence-electron chi connectivity index (χ4n) is 2.44. The van der Waals surface area contributed by atoms with Gasteiger partial charge in [0.05, 0.1) is 39.0 Å². The van der Waals surface area contributed by atoms with Crippen LogP contribution in [0, 0.1) is 0 Å². The summed E-state index contributed by atoms with van der Waals surface area (Å²) in [5.41, 5.74) is 0.359. The maximum atomic E-state index is 12.6. The van der Waals surface area contributed by atoms with E-state index in [1.807, 2.05) is 0 Å². The van der Waals surface area contributed by atoms with E-state index < -0.39 is 17.6 Å². The molecule has 28 heavy (non-hydrogen) atoms. The van der Waals surface area contributed by atoms with Crippen molar-refractivity contribution >= 4 is 12.0 Å². The average molecular weight is 395 g/mol. The molecule has 2 aromatic rings. The molecular formula is C20H20F3NO4. The second-order valence-electron chi connectivity index (χ2n) is 5.68. The van der Waals surface area contributed by atoms with Crippen LogP contribution in [0.1, 0.15) is 16.7 Å². The summed E-state index contributed by atoms with van der Waals surface area (Å²) in [4.78, 5) is 12.1. The summed E-state index contributed by atoms with van der Waals surface area (Å²) in [6.45, 7) is 0.131. The molecule has 5 nitrogen and oxygen atoms in total. The Morgan fingerprint density at radius 1 is 1.00 bits per heavy atom. The molecule has 0 aliphatic carbocycles. The number of alkyl halides is 3. The third-order valence-corrected chi connectivity index (χ3v) is 3.92. The van der Waals surface area contributed by atoms with Gasteiger partial charge in [-0.25, -0.2) is 0 Å². The van der Waals surface area contributed by atoms with Gasteiger partial charge in [-0.05, 0) is 23.8 Å². The van der Waals surface area contributed by atoms with E-state index in [0.29, 0.717) is 28.4 Å². The first-order valence-electron chi connectivity index (χ1n) is 8.20. The highest BCUT2D eigenvalue weighted by atomic mass is 19.4. The number of halogens is 3. The number of methoxy groups -OCH3 is 3. The summed E-state index contributed by atoms with van der Waals surface area (Å²) >= 11 is 0. The number of hydrogen-bond donors (Lipinski definition) is 1. The Morgan fingerprint density at radius 2 is 1.57 bits per heavy atom. The van der Waals surface area contributed by atoms with Gasteiger partial charge < -0.3 is 19.5 Å². The Bertz CT molecular complexity index is 821. The smallest absolute Gasteiger partial charge is 0.416 e. The van der Waals surface area contributed by atoms with E-state index in [1.165, 1.54) is 45.6 Å². The standard InChI is InChI=1S/C20H20F3NO4/c1-26-15-10-17(27-2)16(18(11-15)28-3)12-24-19(25)9-6-13-4-7-14(8-5-13)20(21,22)23/h4-11H,12H2,1-3H3,(H,24,25). The Kier molecular flexibility index (Phi) is 6.92. The van der Waals surface area contributed by atoms with Crippen molar-refractivity contribution in [2.75, 3.05) is 21.3 Å². The topological polar surface area (TPSA) is 56.8 Å². The van der Waals surface area contributed by atoms with Crippen LogP contribution in [0.2, 0.25) is 0 Å². The highest BCUT2D eigenvalue weighted by Crippen LogP contribution is 2.34. The van der Waals surface area contributed by atoms with Gasteiger partial charge in [0.25, 0.3) is 0 Å². The van der Waals surface area contributed by atoms with Crippen LogP contribution in [0.25, 0.3) is 6.08 Å². The van der Waals surface area contributed by atoms with Crippen LogP contribution in [0.5, 0.6) is 17.2 Å². The molecular weight excluding hydrogens is 375 g/mol. The molecule has 0 spiro atoms. The molecule has 0 fully saturated rings. The molecule has 0 heterocycles. The average Bonchev–Trinajstić information content (AvgIpc) is 2.69. The summed E-state index contributed by atoms with van der Waals surface area (Å²) in [6.07, 6.45) is -1.72. The maximum Gasteiger partial charge on any atom is 0.416 e. The first kappa shape index (κ1) is 21.1. The molecule has 2 rings (SSSR count). The zero-order chi connectivity index (χ0) is 20.7. The molecule has 0 aliphatic heterocycles. The minimum Gasteiger partial charge on any atom is -0.496 e. The molecule has 1 amide bonds. The highest BCUT2D eigenvalue weighted by Gasteiger charge is 2.29. The number of benzene rings is 2. The largest absolute Gasteiger partial charge is 0.496 e. The van der Waals surface area contributed by atoms with E-state index in [9.17, 15) is 18.0 Å². The number of rotatable bonds is 7. The van der Waals surface area contributed by atoms with Crippen molar-refractivity contribution in [3.05, 3.63) is 59.2 Å². The third-order valence-electron chi connectivity index (χ3n) is 3.92. The minimum absolute atomic E-state index is 0.131. The molecule has 0 atom stereocenters. The van der Waals surface area contributed by atoms with Crippen LogP contribution in [0.15, 0.2) is 42.5 Å². The van der Waals surface area contributed by atoms with E-state index in [1.54, 1.807) is 12.1 Å². The molecule has 150 valence electrons. The normalized spacial score (nSPS) is 11.4. The predicted molar refractivity (Wildman–Crippen MR) is 98.4 cm³/mol. The highest BCUT2D eigenvalue weighted by molar-refractivity contribution is 5.91. The summed E-state index contributed by atoms with van der Waals surface area (Å²) in [5, 5.41) is 2.69. The first-order chi connectivity index (χ1) is 13.3. The summed E-state index contributed by atoms with van der Waals surface area (Å²) in [7, 11) is 4.50. The zero-order valence-electron chi connectivity index (χ0n) is 15.6. The Morgan fingerprint density at radius 3 is 2.04 bits per heavy atom. The molecule has 0 bridgehead atoms. The second kappa shape index (κ2) is 9.16.